The van der Waals surface area contributed by atoms with E-state index in [1.807, 2.05) is 6.92 Å². The molecule has 42 heavy (non-hydrogen) atoms. The number of unbranched alkanes of at least 4 members (excludes halogenated alkanes) is 8. The van der Waals surface area contributed by atoms with E-state index in [9.17, 15) is 14.4 Å². The van der Waals surface area contributed by atoms with E-state index in [-0.39, 0.29) is 18.0 Å². The van der Waals surface area contributed by atoms with E-state index in [0.29, 0.717) is 36.5 Å². The predicted octanol–water partition coefficient (Wildman–Crippen LogP) is 8.02. The maximum absolute atomic E-state index is 12.5. The predicted molar refractivity (Wildman–Crippen MR) is 163 cm³/mol. The molecule has 3 rings (SSSR count). The van der Waals surface area contributed by atoms with Gasteiger partial charge in [0, 0.05) is 18.1 Å². The molecule has 0 bridgehead atoms. The highest BCUT2D eigenvalue weighted by atomic mass is 16.6. The Bertz CT molecular complexity index is 1150. The number of rotatable bonds is 19. The highest BCUT2D eigenvalue weighted by Gasteiger charge is 2.26. The largest absolute Gasteiger partial charge is 0.494 e. The van der Waals surface area contributed by atoms with Gasteiger partial charge in [0.15, 0.2) is 0 Å². The van der Waals surface area contributed by atoms with Crippen molar-refractivity contribution in [1.82, 2.24) is 0 Å². The van der Waals surface area contributed by atoms with Gasteiger partial charge in [-0.1, -0.05) is 70.6 Å². The normalized spacial score (nSPS) is 14.6. The van der Waals surface area contributed by atoms with Crippen molar-refractivity contribution in [2.45, 2.75) is 90.1 Å². The maximum atomic E-state index is 12.5. The third kappa shape index (κ3) is 12.3. The number of benzene rings is 2. The Kier molecular flexibility index (Phi) is 14.4. The zero-order chi connectivity index (χ0) is 30.0. The molecule has 1 aliphatic heterocycles. The molecular weight excluding hydrogens is 532 g/mol. The minimum Gasteiger partial charge on any atom is -0.494 e. The molecule has 0 aromatic heterocycles. The molecule has 7 heteroatoms. The molecule has 0 amide bonds. The lowest BCUT2D eigenvalue weighted by atomic mass is 10.0. The Morgan fingerprint density at radius 1 is 0.857 bits per heavy atom. The molecule has 226 valence electrons. The Morgan fingerprint density at radius 2 is 1.50 bits per heavy atom. The summed E-state index contributed by atoms with van der Waals surface area (Å²) in [5.74, 6) is 0.105. The van der Waals surface area contributed by atoms with Gasteiger partial charge in [0.25, 0.3) is 0 Å². The van der Waals surface area contributed by atoms with Crippen LogP contribution in [0.3, 0.4) is 0 Å². The second kappa shape index (κ2) is 18.5. The molecule has 2 aromatic rings. The van der Waals surface area contributed by atoms with Crippen molar-refractivity contribution in [2.24, 2.45) is 0 Å². The number of hydrogen-bond donors (Lipinski definition) is 0. The van der Waals surface area contributed by atoms with Crippen LogP contribution < -0.4 is 9.47 Å². The van der Waals surface area contributed by atoms with Crippen LogP contribution in [0.15, 0.2) is 66.8 Å². The van der Waals surface area contributed by atoms with Gasteiger partial charge in [-0.25, -0.2) is 14.4 Å². The molecule has 1 atom stereocenters. The fourth-order valence-corrected chi connectivity index (χ4v) is 4.55. The summed E-state index contributed by atoms with van der Waals surface area (Å²) in [4.78, 5) is 35.5. The van der Waals surface area contributed by atoms with E-state index < -0.39 is 5.97 Å². The van der Waals surface area contributed by atoms with E-state index in [2.05, 4.69) is 6.58 Å². The van der Waals surface area contributed by atoms with Gasteiger partial charge >= 0.3 is 17.9 Å². The zero-order valence-electron chi connectivity index (χ0n) is 24.8. The molecule has 2 aromatic carbocycles. The third-order valence-electron chi connectivity index (χ3n) is 7.06. The van der Waals surface area contributed by atoms with E-state index in [1.54, 1.807) is 54.6 Å². The van der Waals surface area contributed by atoms with Crippen molar-refractivity contribution in [2.75, 3.05) is 13.2 Å². The average Bonchev–Trinajstić information content (AvgIpc) is 3.32. The van der Waals surface area contributed by atoms with E-state index >= 15 is 0 Å². The van der Waals surface area contributed by atoms with Crippen molar-refractivity contribution in [1.29, 1.82) is 0 Å². The molecule has 0 spiro atoms. The van der Waals surface area contributed by atoms with Crippen molar-refractivity contribution in [3.63, 3.8) is 0 Å². The Labute approximate surface area is 249 Å². The molecule has 1 aliphatic rings. The van der Waals surface area contributed by atoms with Gasteiger partial charge in [-0.15, -0.1) is 0 Å². The molecular formula is C35H44O7. The smallest absolute Gasteiger partial charge is 0.343 e. The fourth-order valence-electron chi connectivity index (χ4n) is 4.55. The number of cyclic esters (lactones) is 1. The summed E-state index contributed by atoms with van der Waals surface area (Å²) in [6, 6.07) is 13.9. The SMILES string of the molecule is C=C1CC(CCCCCCCCCCOc2ccc(C(=O)Oc3ccc(C=CC(=O)OCCCC)cc3)cc2)OC1=O. The summed E-state index contributed by atoms with van der Waals surface area (Å²) in [5.41, 5.74) is 1.85. The highest BCUT2D eigenvalue weighted by molar-refractivity contribution is 5.91. The van der Waals surface area contributed by atoms with Crippen LogP contribution in [0, 0.1) is 0 Å². The van der Waals surface area contributed by atoms with Crippen LogP contribution >= 0.6 is 0 Å². The van der Waals surface area contributed by atoms with Crippen LogP contribution in [0.2, 0.25) is 0 Å². The molecule has 0 saturated carbocycles. The van der Waals surface area contributed by atoms with E-state index in [4.69, 9.17) is 18.9 Å². The number of esters is 3. The van der Waals surface area contributed by atoms with Crippen molar-refractivity contribution < 1.29 is 33.3 Å². The number of carbonyl (C=O) groups excluding carboxylic acids is 3. The summed E-state index contributed by atoms with van der Waals surface area (Å²) in [6.07, 6.45) is 15.8. The van der Waals surface area contributed by atoms with Crippen molar-refractivity contribution in [3.05, 3.63) is 77.9 Å². The monoisotopic (exact) mass is 576 g/mol. The molecule has 0 aliphatic carbocycles. The van der Waals surface area contributed by atoms with Crippen LogP contribution in [-0.4, -0.2) is 37.2 Å². The first kappa shape index (κ1) is 32.6. The van der Waals surface area contributed by atoms with Gasteiger partial charge in [-0.3, -0.25) is 0 Å². The van der Waals surface area contributed by atoms with Crippen LogP contribution in [0.1, 0.15) is 99.9 Å². The molecule has 0 radical (unpaired) electrons. The van der Waals surface area contributed by atoms with Crippen molar-refractivity contribution in [3.8, 4) is 11.5 Å². The standard InChI is InChI=1S/C35H44O7/c1-3-4-24-40-33(36)23-16-28-14-19-31(20-15-28)41-35(38)29-17-21-30(22-18-29)39-25-12-10-8-6-5-7-9-11-13-32-26-27(2)34(37)42-32/h14-23,32H,2-13,24-26H2,1H3. The summed E-state index contributed by atoms with van der Waals surface area (Å²) >= 11 is 0. The van der Waals surface area contributed by atoms with Gasteiger partial charge in [0.2, 0.25) is 0 Å². The number of hydrogen-bond acceptors (Lipinski definition) is 7. The molecule has 7 nitrogen and oxygen atoms in total. The van der Waals surface area contributed by atoms with Gasteiger partial charge in [-0.2, -0.15) is 0 Å². The lowest BCUT2D eigenvalue weighted by Gasteiger charge is -2.08. The average molecular weight is 577 g/mol. The van der Waals surface area contributed by atoms with E-state index in [0.717, 1.165) is 49.8 Å². The number of carbonyl (C=O) groups is 3. The second-order valence-corrected chi connectivity index (χ2v) is 10.6. The summed E-state index contributed by atoms with van der Waals surface area (Å²) in [6.45, 7) is 6.83. The first-order chi connectivity index (χ1) is 20.4. The lowest BCUT2D eigenvalue weighted by molar-refractivity contribution is -0.139. The Balaban J connectivity index is 1.22. The van der Waals surface area contributed by atoms with Gasteiger partial charge in [-0.05, 0) is 73.7 Å². The topological polar surface area (TPSA) is 88.1 Å². The molecule has 1 saturated heterocycles. The molecule has 1 heterocycles. The van der Waals surface area contributed by atoms with Crippen molar-refractivity contribution >= 4 is 24.0 Å². The zero-order valence-corrected chi connectivity index (χ0v) is 24.8. The second-order valence-electron chi connectivity index (χ2n) is 10.6. The summed E-state index contributed by atoms with van der Waals surface area (Å²) < 4.78 is 21.7. The minimum absolute atomic E-state index is 0.0443. The quantitative estimate of drug-likeness (QED) is 0.0724. The van der Waals surface area contributed by atoms with Gasteiger partial charge in [0.05, 0.1) is 18.8 Å². The van der Waals surface area contributed by atoms with Gasteiger partial charge in [0.1, 0.15) is 17.6 Å². The van der Waals surface area contributed by atoms with Crippen LogP contribution in [0.25, 0.3) is 6.08 Å². The summed E-state index contributed by atoms with van der Waals surface area (Å²) in [5, 5.41) is 0. The minimum atomic E-state index is -0.447. The molecule has 1 fully saturated rings. The Hall–Kier alpha value is -3.87. The highest BCUT2D eigenvalue weighted by Crippen LogP contribution is 2.23. The van der Waals surface area contributed by atoms with Crippen LogP contribution in [-0.2, 0) is 19.1 Å². The van der Waals surface area contributed by atoms with Gasteiger partial charge < -0.3 is 18.9 Å². The number of ether oxygens (including phenoxy) is 4. The first-order valence-electron chi connectivity index (χ1n) is 15.2. The first-order valence-corrected chi connectivity index (χ1v) is 15.2. The Morgan fingerprint density at radius 3 is 2.14 bits per heavy atom. The van der Waals surface area contributed by atoms with E-state index in [1.165, 1.54) is 38.2 Å². The van der Waals surface area contributed by atoms with Crippen LogP contribution in [0.5, 0.6) is 11.5 Å². The molecule has 1 unspecified atom stereocenters. The third-order valence-corrected chi connectivity index (χ3v) is 7.06. The lowest BCUT2D eigenvalue weighted by Crippen LogP contribution is -2.08. The maximum Gasteiger partial charge on any atom is 0.343 e. The summed E-state index contributed by atoms with van der Waals surface area (Å²) in [7, 11) is 0. The van der Waals surface area contributed by atoms with Crippen LogP contribution in [0.4, 0.5) is 0 Å². The fraction of sp³-hybridized carbons (Fsp3) is 0.457. The molecule has 0 N–H and O–H groups in total.